The third-order valence-electron chi connectivity index (χ3n) is 2.66. The molecule has 2 rings (SSSR count). The number of halogens is 1. The van der Waals surface area contributed by atoms with Crippen LogP contribution in [0.1, 0.15) is 5.56 Å². The Morgan fingerprint density at radius 3 is 2.63 bits per heavy atom. The standard InChI is InChI=1S/C12H12ClN5O/c1-18(11-9(13)12(19)17-6-16-11)8-4-2-7(3-5-8)10(14)15/h2-6H,1H3,(H3,14,15)(H,16,17,19). The summed E-state index contributed by atoms with van der Waals surface area (Å²) in [4.78, 5) is 19.5. The molecule has 0 atom stereocenters. The molecule has 0 spiro atoms. The van der Waals surface area contributed by atoms with Crippen LogP contribution in [-0.4, -0.2) is 22.9 Å². The lowest BCUT2D eigenvalue weighted by atomic mass is 10.2. The predicted octanol–water partition coefficient (Wildman–Crippen LogP) is 1.48. The Labute approximate surface area is 114 Å². The molecule has 4 N–H and O–H groups in total. The Bertz CT molecular complexity index is 665. The zero-order valence-corrected chi connectivity index (χ0v) is 10.9. The molecule has 6 nitrogen and oxygen atoms in total. The number of nitrogens with zero attached hydrogens (tertiary/aromatic N) is 2. The second-order valence-corrected chi connectivity index (χ2v) is 4.27. The van der Waals surface area contributed by atoms with E-state index in [0.717, 1.165) is 5.69 Å². The molecule has 19 heavy (non-hydrogen) atoms. The molecule has 98 valence electrons. The summed E-state index contributed by atoms with van der Waals surface area (Å²) < 4.78 is 0. The number of H-pyrrole nitrogens is 1. The molecule has 0 bridgehead atoms. The molecular formula is C12H12ClN5O. The van der Waals surface area contributed by atoms with Gasteiger partial charge in [-0.1, -0.05) is 11.6 Å². The molecule has 1 aromatic heterocycles. The fourth-order valence-electron chi connectivity index (χ4n) is 1.59. The number of amidine groups is 1. The first-order valence-corrected chi connectivity index (χ1v) is 5.80. The van der Waals surface area contributed by atoms with Crippen LogP contribution in [0.15, 0.2) is 35.4 Å². The summed E-state index contributed by atoms with van der Waals surface area (Å²) in [5.41, 5.74) is 6.41. The van der Waals surface area contributed by atoms with Crippen LogP contribution in [0, 0.1) is 5.41 Å². The Kier molecular flexibility index (Phi) is 3.52. The van der Waals surface area contributed by atoms with Crippen molar-refractivity contribution in [2.45, 2.75) is 0 Å². The summed E-state index contributed by atoms with van der Waals surface area (Å²) >= 11 is 5.92. The molecule has 0 aliphatic heterocycles. The van der Waals surface area contributed by atoms with E-state index in [1.165, 1.54) is 6.33 Å². The topological polar surface area (TPSA) is 98.9 Å². The van der Waals surface area contributed by atoms with Gasteiger partial charge >= 0.3 is 0 Å². The molecule has 0 saturated heterocycles. The van der Waals surface area contributed by atoms with Crippen LogP contribution in [0.25, 0.3) is 0 Å². The number of hydrogen-bond acceptors (Lipinski definition) is 4. The predicted molar refractivity (Wildman–Crippen MR) is 75.4 cm³/mol. The van der Waals surface area contributed by atoms with E-state index in [9.17, 15) is 4.79 Å². The molecule has 0 fully saturated rings. The van der Waals surface area contributed by atoms with Crippen molar-refractivity contribution in [3.63, 3.8) is 0 Å². The van der Waals surface area contributed by atoms with Crippen molar-refractivity contribution in [1.29, 1.82) is 5.41 Å². The van der Waals surface area contributed by atoms with Gasteiger partial charge in [0.15, 0.2) is 5.82 Å². The molecule has 1 heterocycles. The number of aromatic amines is 1. The number of hydrogen-bond donors (Lipinski definition) is 3. The van der Waals surface area contributed by atoms with E-state index in [1.807, 2.05) is 0 Å². The van der Waals surface area contributed by atoms with Crippen molar-refractivity contribution in [2.75, 3.05) is 11.9 Å². The highest BCUT2D eigenvalue weighted by Gasteiger charge is 2.12. The molecule has 0 aliphatic carbocycles. The lowest BCUT2D eigenvalue weighted by Crippen LogP contribution is -2.17. The van der Waals surface area contributed by atoms with Gasteiger partial charge in [0.25, 0.3) is 5.56 Å². The van der Waals surface area contributed by atoms with Crippen molar-refractivity contribution in [1.82, 2.24) is 9.97 Å². The maximum atomic E-state index is 11.4. The smallest absolute Gasteiger partial charge is 0.271 e. The van der Waals surface area contributed by atoms with E-state index in [-0.39, 0.29) is 16.4 Å². The molecular weight excluding hydrogens is 266 g/mol. The second kappa shape index (κ2) is 5.11. The van der Waals surface area contributed by atoms with Crippen molar-refractivity contribution in [3.8, 4) is 0 Å². The highest BCUT2D eigenvalue weighted by atomic mass is 35.5. The van der Waals surface area contributed by atoms with Gasteiger partial charge in [0, 0.05) is 18.3 Å². The monoisotopic (exact) mass is 277 g/mol. The highest BCUT2D eigenvalue weighted by Crippen LogP contribution is 2.25. The quantitative estimate of drug-likeness (QED) is 0.584. The van der Waals surface area contributed by atoms with Gasteiger partial charge in [0.2, 0.25) is 0 Å². The number of nitrogens with one attached hydrogen (secondary N) is 2. The van der Waals surface area contributed by atoms with Gasteiger partial charge in [-0.25, -0.2) is 4.98 Å². The van der Waals surface area contributed by atoms with Gasteiger partial charge in [-0.2, -0.15) is 0 Å². The molecule has 0 radical (unpaired) electrons. The first-order valence-electron chi connectivity index (χ1n) is 5.42. The normalized spacial score (nSPS) is 10.2. The van der Waals surface area contributed by atoms with E-state index in [4.69, 9.17) is 22.7 Å². The van der Waals surface area contributed by atoms with Gasteiger partial charge in [0.05, 0.1) is 6.33 Å². The number of benzene rings is 1. The minimum Gasteiger partial charge on any atom is -0.384 e. The minimum atomic E-state index is -0.390. The maximum Gasteiger partial charge on any atom is 0.271 e. The van der Waals surface area contributed by atoms with Crippen LogP contribution >= 0.6 is 11.6 Å². The van der Waals surface area contributed by atoms with E-state index in [0.29, 0.717) is 11.4 Å². The highest BCUT2D eigenvalue weighted by molar-refractivity contribution is 6.32. The van der Waals surface area contributed by atoms with E-state index in [2.05, 4.69) is 9.97 Å². The molecule has 0 amide bonds. The molecule has 0 saturated carbocycles. The van der Waals surface area contributed by atoms with Crippen molar-refractivity contribution < 1.29 is 0 Å². The first kappa shape index (κ1) is 13.1. The molecule has 0 aliphatic rings. The number of nitrogens with two attached hydrogens (primary N) is 1. The maximum absolute atomic E-state index is 11.4. The van der Waals surface area contributed by atoms with Gasteiger partial charge in [-0.15, -0.1) is 0 Å². The minimum absolute atomic E-state index is 0.00140. The average Bonchev–Trinajstić information content (AvgIpc) is 2.41. The largest absolute Gasteiger partial charge is 0.384 e. The number of anilines is 2. The summed E-state index contributed by atoms with van der Waals surface area (Å²) in [5, 5.41) is 7.35. The van der Waals surface area contributed by atoms with Gasteiger partial charge in [-0.3, -0.25) is 10.2 Å². The summed E-state index contributed by atoms with van der Waals surface area (Å²) in [6.45, 7) is 0. The zero-order chi connectivity index (χ0) is 14.0. The third kappa shape index (κ3) is 2.58. The van der Waals surface area contributed by atoms with Crippen LogP contribution in [0.3, 0.4) is 0 Å². The fourth-order valence-corrected chi connectivity index (χ4v) is 1.82. The Hall–Kier alpha value is -2.34. The summed E-state index contributed by atoms with van der Waals surface area (Å²) in [5.74, 6) is 0.363. The van der Waals surface area contributed by atoms with E-state index < -0.39 is 0 Å². The molecule has 0 unspecified atom stereocenters. The lowest BCUT2D eigenvalue weighted by molar-refractivity contribution is 1.05. The molecule has 2 aromatic rings. The van der Waals surface area contributed by atoms with Crippen LogP contribution in [0.5, 0.6) is 0 Å². The van der Waals surface area contributed by atoms with Gasteiger partial charge in [-0.05, 0) is 24.3 Å². The van der Waals surface area contributed by atoms with Crippen LogP contribution in [-0.2, 0) is 0 Å². The number of aromatic nitrogens is 2. The van der Waals surface area contributed by atoms with Crippen LogP contribution < -0.4 is 16.2 Å². The average molecular weight is 278 g/mol. The van der Waals surface area contributed by atoms with E-state index in [1.54, 1.807) is 36.2 Å². The Balaban J connectivity index is 2.38. The van der Waals surface area contributed by atoms with E-state index >= 15 is 0 Å². The molecule has 1 aromatic carbocycles. The Morgan fingerprint density at radius 1 is 1.42 bits per heavy atom. The zero-order valence-electron chi connectivity index (χ0n) is 10.1. The fraction of sp³-hybridized carbons (Fsp3) is 0.0833. The van der Waals surface area contributed by atoms with Crippen LogP contribution in [0.2, 0.25) is 5.02 Å². The van der Waals surface area contributed by atoms with Gasteiger partial charge < -0.3 is 15.6 Å². The van der Waals surface area contributed by atoms with Crippen molar-refractivity contribution >= 4 is 28.9 Å². The summed E-state index contributed by atoms with van der Waals surface area (Å²) in [6.07, 6.45) is 1.30. The second-order valence-electron chi connectivity index (χ2n) is 3.89. The van der Waals surface area contributed by atoms with Gasteiger partial charge in [0.1, 0.15) is 10.9 Å². The SMILES string of the molecule is CN(c1ccc(C(=N)N)cc1)c1nc[nH]c(=O)c1Cl. The lowest BCUT2D eigenvalue weighted by Gasteiger charge is -2.19. The molecule has 7 heteroatoms. The van der Waals surface area contributed by atoms with Crippen LogP contribution in [0.4, 0.5) is 11.5 Å². The number of nitrogen functional groups attached to an aromatic ring is 1. The van der Waals surface area contributed by atoms with Crippen molar-refractivity contribution in [2.24, 2.45) is 5.73 Å². The number of rotatable bonds is 3. The first-order chi connectivity index (χ1) is 9.00. The summed E-state index contributed by atoms with van der Waals surface area (Å²) in [6, 6.07) is 6.98. The summed E-state index contributed by atoms with van der Waals surface area (Å²) in [7, 11) is 1.75. The Morgan fingerprint density at radius 2 is 2.05 bits per heavy atom. The van der Waals surface area contributed by atoms with Crippen molar-refractivity contribution in [3.05, 3.63) is 51.5 Å². The third-order valence-corrected chi connectivity index (χ3v) is 3.00.